The highest BCUT2D eigenvalue weighted by molar-refractivity contribution is 5.46. The number of amides is 1. The van der Waals surface area contributed by atoms with Gasteiger partial charge in [-0.15, -0.1) is 0 Å². The van der Waals surface area contributed by atoms with Crippen molar-refractivity contribution < 1.29 is 4.79 Å². The molecular weight excluding hydrogens is 138 g/mol. The Kier molecular flexibility index (Phi) is 2.92. The van der Waals surface area contributed by atoms with E-state index in [4.69, 9.17) is 0 Å². The van der Waals surface area contributed by atoms with Gasteiger partial charge >= 0.3 is 0 Å². The van der Waals surface area contributed by atoms with Crippen LogP contribution in [-0.4, -0.2) is 12.5 Å². The van der Waals surface area contributed by atoms with Crippen molar-refractivity contribution in [1.29, 1.82) is 0 Å². The Labute approximate surface area is 68.4 Å². The summed E-state index contributed by atoms with van der Waals surface area (Å²) in [5.74, 6) is 1.50. The number of carbonyl (C=O) groups is 1. The summed E-state index contributed by atoms with van der Waals surface area (Å²) in [7, 11) is 0. The molecule has 0 aromatic heterocycles. The summed E-state index contributed by atoms with van der Waals surface area (Å²) in [4.78, 5) is 10.2. The van der Waals surface area contributed by atoms with E-state index in [9.17, 15) is 4.79 Å². The standard InChI is InChI=1S/C9H17NO/c1-3-8-4-5-9(7(8)2)10-6-11/h6-9H,3-5H2,1-2H3,(H,10,11). The maximum absolute atomic E-state index is 10.2. The van der Waals surface area contributed by atoms with Gasteiger partial charge in [0.25, 0.3) is 0 Å². The van der Waals surface area contributed by atoms with Gasteiger partial charge in [-0.3, -0.25) is 4.79 Å². The average molecular weight is 155 g/mol. The van der Waals surface area contributed by atoms with Gasteiger partial charge in [-0.25, -0.2) is 0 Å². The van der Waals surface area contributed by atoms with E-state index in [2.05, 4.69) is 19.2 Å². The summed E-state index contributed by atoms with van der Waals surface area (Å²) < 4.78 is 0. The van der Waals surface area contributed by atoms with Crippen LogP contribution in [0.4, 0.5) is 0 Å². The maximum atomic E-state index is 10.2. The molecule has 3 unspecified atom stereocenters. The third-order valence-electron chi connectivity index (χ3n) is 3.03. The van der Waals surface area contributed by atoms with E-state index >= 15 is 0 Å². The summed E-state index contributed by atoms with van der Waals surface area (Å²) in [6, 6.07) is 0.442. The molecule has 11 heavy (non-hydrogen) atoms. The van der Waals surface area contributed by atoms with E-state index in [-0.39, 0.29) is 0 Å². The molecule has 0 spiro atoms. The minimum Gasteiger partial charge on any atom is -0.356 e. The SMILES string of the molecule is CCC1CCC(NC=O)C1C. The Morgan fingerprint density at radius 2 is 2.27 bits per heavy atom. The van der Waals surface area contributed by atoms with Crippen LogP contribution in [-0.2, 0) is 4.79 Å². The molecule has 2 heteroatoms. The second-order valence-electron chi connectivity index (χ2n) is 3.50. The molecule has 3 atom stereocenters. The number of hydrogen-bond donors (Lipinski definition) is 1. The quantitative estimate of drug-likeness (QED) is 0.616. The highest BCUT2D eigenvalue weighted by Gasteiger charge is 2.30. The minimum atomic E-state index is 0.442. The summed E-state index contributed by atoms with van der Waals surface area (Å²) in [5.41, 5.74) is 0. The molecule has 1 amide bonds. The number of rotatable bonds is 3. The van der Waals surface area contributed by atoms with Crippen molar-refractivity contribution in [3.63, 3.8) is 0 Å². The third kappa shape index (κ3) is 1.73. The molecule has 1 saturated carbocycles. The molecule has 0 saturated heterocycles. The molecule has 0 bridgehead atoms. The summed E-state index contributed by atoms with van der Waals surface area (Å²) in [6.45, 7) is 4.47. The van der Waals surface area contributed by atoms with Gasteiger partial charge in [-0.2, -0.15) is 0 Å². The van der Waals surface area contributed by atoms with Gasteiger partial charge < -0.3 is 5.32 Å². The minimum absolute atomic E-state index is 0.442. The normalized spacial score (nSPS) is 37.1. The zero-order chi connectivity index (χ0) is 8.27. The molecule has 0 aromatic carbocycles. The molecule has 1 rings (SSSR count). The van der Waals surface area contributed by atoms with Crippen LogP contribution in [0.25, 0.3) is 0 Å². The van der Waals surface area contributed by atoms with Crippen LogP contribution in [0, 0.1) is 11.8 Å². The third-order valence-corrected chi connectivity index (χ3v) is 3.03. The van der Waals surface area contributed by atoms with Crippen molar-refractivity contribution in [2.24, 2.45) is 11.8 Å². The van der Waals surface area contributed by atoms with Gasteiger partial charge in [0.2, 0.25) is 6.41 Å². The average Bonchev–Trinajstić information content (AvgIpc) is 2.34. The molecule has 1 aliphatic carbocycles. The second-order valence-corrected chi connectivity index (χ2v) is 3.50. The first kappa shape index (κ1) is 8.57. The van der Waals surface area contributed by atoms with E-state index in [0.29, 0.717) is 12.0 Å². The predicted molar refractivity (Wildman–Crippen MR) is 45.2 cm³/mol. The van der Waals surface area contributed by atoms with Gasteiger partial charge in [0.15, 0.2) is 0 Å². The molecular formula is C9H17NO. The lowest BCUT2D eigenvalue weighted by molar-refractivity contribution is -0.110. The van der Waals surface area contributed by atoms with Crippen molar-refractivity contribution in [2.45, 2.75) is 39.2 Å². The Balaban J connectivity index is 2.41. The highest BCUT2D eigenvalue weighted by atomic mass is 16.1. The molecule has 1 aliphatic rings. The summed E-state index contributed by atoms with van der Waals surface area (Å²) in [5, 5.41) is 2.88. The van der Waals surface area contributed by atoms with E-state index in [1.807, 2.05) is 0 Å². The van der Waals surface area contributed by atoms with E-state index in [1.165, 1.54) is 19.3 Å². The van der Waals surface area contributed by atoms with E-state index in [1.54, 1.807) is 0 Å². The summed E-state index contributed by atoms with van der Waals surface area (Å²) in [6.07, 6.45) is 4.53. The molecule has 0 aliphatic heterocycles. The first-order chi connectivity index (χ1) is 5.29. The molecule has 0 aromatic rings. The Morgan fingerprint density at radius 1 is 1.55 bits per heavy atom. The van der Waals surface area contributed by atoms with Crippen molar-refractivity contribution >= 4 is 6.41 Å². The van der Waals surface area contributed by atoms with Crippen molar-refractivity contribution in [2.75, 3.05) is 0 Å². The van der Waals surface area contributed by atoms with Gasteiger partial charge in [0.05, 0.1) is 0 Å². The van der Waals surface area contributed by atoms with Crippen LogP contribution >= 0.6 is 0 Å². The lowest BCUT2D eigenvalue weighted by atomic mass is 9.94. The fourth-order valence-electron chi connectivity index (χ4n) is 2.15. The zero-order valence-corrected chi connectivity index (χ0v) is 7.34. The van der Waals surface area contributed by atoms with Crippen LogP contribution in [0.5, 0.6) is 0 Å². The largest absolute Gasteiger partial charge is 0.356 e. The molecule has 0 heterocycles. The van der Waals surface area contributed by atoms with Crippen molar-refractivity contribution in [3.05, 3.63) is 0 Å². The Hall–Kier alpha value is -0.530. The first-order valence-electron chi connectivity index (χ1n) is 4.49. The van der Waals surface area contributed by atoms with Gasteiger partial charge in [-0.1, -0.05) is 20.3 Å². The number of nitrogens with one attached hydrogen (secondary N) is 1. The van der Waals surface area contributed by atoms with Crippen LogP contribution in [0.3, 0.4) is 0 Å². The zero-order valence-electron chi connectivity index (χ0n) is 7.34. The van der Waals surface area contributed by atoms with E-state index in [0.717, 1.165) is 12.3 Å². The monoisotopic (exact) mass is 155 g/mol. The van der Waals surface area contributed by atoms with Gasteiger partial charge in [0, 0.05) is 6.04 Å². The first-order valence-corrected chi connectivity index (χ1v) is 4.49. The highest BCUT2D eigenvalue weighted by Crippen LogP contribution is 2.33. The summed E-state index contributed by atoms with van der Waals surface area (Å²) >= 11 is 0. The molecule has 0 radical (unpaired) electrons. The maximum Gasteiger partial charge on any atom is 0.207 e. The van der Waals surface area contributed by atoms with E-state index < -0.39 is 0 Å². The van der Waals surface area contributed by atoms with Gasteiger partial charge in [-0.05, 0) is 24.7 Å². The molecule has 64 valence electrons. The van der Waals surface area contributed by atoms with Crippen LogP contribution in [0.15, 0.2) is 0 Å². The topological polar surface area (TPSA) is 29.1 Å². The molecule has 1 fully saturated rings. The van der Waals surface area contributed by atoms with Crippen molar-refractivity contribution in [3.8, 4) is 0 Å². The number of hydrogen-bond acceptors (Lipinski definition) is 1. The lowest BCUT2D eigenvalue weighted by Crippen LogP contribution is -2.31. The molecule has 2 nitrogen and oxygen atoms in total. The Bertz CT molecular complexity index is 136. The number of carbonyl (C=O) groups excluding carboxylic acids is 1. The van der Waals surface area contributed by atoms with Crippen molar-refractivity contribution in [1.82, 2.24) is 5.32 Å². The van der Waals surface area contributed by atoms with Crippen LogP contribution < -0.4 is 5.32 Å². The fourth-order valence-corrected chi connectivity index (χ4v) is 2.15. The molecule has 1 N–H and O–H groups in total. The Morgan fingerprint density at radius 3 is 2.73 bits per heavy atom. The van der Waals surface area contributed by atoms with Gasteiger partial charge in [0.1, 0.15) is 0 Å². The van der Waals surface area contributed by atoms with Crippen LogP contribution in [0.1, 0.15) is 33.1 Å². The smallest absolute Gasteiger partial charge is 0.207 e. The fraction of sp³-hybridized carbons (Fsp3) is 0.889. The van der Waals surface area contributed by atoms with Crippen LogP contribution in [0.2, 0.25) is 0 Å². The lowest BCUT2D eigenvalue weighted by Gasteiger charge is -2.18. The predicted octanol–water partition coefficient (Wildman–Crippen LogP) is 1.56. The second kappa shape index (κ2) is 3.74.